The van der Waals surface area contributed by atoms with Crippen molar-refractivity contribution < 1.29 is 4.79 Å². The molecular formula is C13H17BrN2O. The van der Waals surface area contributed by atoms with Crippen LogP contribution < -0.4 is 5.32 Å². The number of aromatic nitrogens is 1. The fourth-order valence-corrected chi connectivity index (χ4v) is 2.58. The number of pyridine rings is 1. The van der Waals surface area contributed by atoms with Gasteiger partial charge in [-0.15, -0.1) is 0 Å². The Labute approximate surface area is 110 Å². The van der Waals surface area contributed by atoms with Crippen molar-refractivity contribution in [3.05, 3.63) is 28.5 Å². The molecule has 2 rings (SSSR count). The van der Waals surface area contributed by atoms with Gasteiger partial charge < -0.3 is 5.32 Å². The maximum Gasteiger partial charge on any atom is 0.269 e. The summed E-state index contributed by atoms with van der Waals surface area (Å²) in [6.07, 6.45) is 5.46. The number of carbonyl (C=O) groups is 1. The SMILES string of the molecule is CC1CCCC1CNC(=O)c1ccc(Br)cn1. The first-order valence-electron chi connectivity index (χ1n) is 6.06. The zero-order valence-corrected chi connectivity index (χ0v) is 11.5. The number of hydrogen-bond acceptors (Lipinski definition) is 2. The van der Waals surface area contributed by atoms with Crippen LogP contribution in [0.15, 0.2) is 22.8 Å². The third-order valence-electron chi connectivity index (χ3n) is 3.52. The van der Waals surface area contributed by atoms with Gasteiger partial charge in [-0.25, -0.2) is 4.98 Å². The van der Waals surface area contributed by atoms with E-state index in [4.69, 9.17) is 0 Å². The molecule has 0 radical (unpaired) electrons. The van der Waals surface area contributed by atoms with Crippen LogP contribution >= 0.6 is 15.9 Å². The summed E-state index contributed by atoms with van der Waals surface area (Å²) < 4.78 is 0.887. The van der Waals surface area contributed by atoms with Crippen molar-refractivity contribution in [1.29, 1.82) is 0 Å². The van der Waals surface area contributed by atoms with Crippen molar-refractivity contribution in [2.75, 3.05) is 6.54 Å². The second-order valence-electron chi connectivity index (χ2n) is 4.74. The average Bonchev–Trinajstić information content (AvgIpc) is 2.73. The van der Waals surface area contributed by atoms with Crippen LogP contribution in [0.1, 0.15) is 36.7 Å². The van der Waals surface area contributed by atoms with E-state index in [1.807, 2.05) is 6.07 Å². The van der Waals surface area contributed by atoms with E-state index >= 15 is 0 Å². The molecule has 1 saturated carbocycles. The molecule has 1 heterocycles. The first kappa shape index (κ1) is 12.6. The maximum atomic E-state index is 11.8. The minimum Gasteiger partial charge on any atom is -0.350 e. The van der Waals surface area contributed by atoms with Gasteiger partial charge in [-0.1, -0.05) is 19.8 Å². The molecule has 1 aliphatic rings. The monoisotopic (exact) mass is 296 g/mol. The Hall–Kier alpha value is -0.900. The predicted molar refractivity (Wildman–Crippen MR) is 70.8 cm³/mol. The summed E-state index contributed by atoms with van der Waals surface area (Å²) in [5, 5.41) is 2.97. The van der Waals surface area contributed by atoms with Crippen molar-refractivity contribution >= 4 is 21.8 Å². The lowest BCUT2D eigenvalue weighted by Gasteiger charge is -2.15. The van der Waals surface area contributed by atoms with Crippen molar-refractivity contribution in [1.82, 2.24) is 10.3 Å². The molecule has 1 amide bonds. The Morgan fingerprint density at radius 1 is 1.53 bits per heavy atom. The molecule has 4 heteroatoms. The highest BCUT2D eigenvalue weighted by atomic mass is 79.9. The van der Waals surface area contributed by atoms with Gasteiger partial charge in [-0.3, -0.25) is 4.79 Å². The lowest BCUT2D eigenvalue weighted by molar-refractivity contribution is 0.0939. The topological polar surface area (TPSA) is 42.0 Å². The summed E-state index contributed by atoms with van der Waals surface area (Å²) in [5.41, 5.74) is 0.485. The molecule has 17 heavy (non-hydrogen) atoms. The van der Waals surface area contributed by atoms with E-state index in [0.717, 1.165) is 16.9 Å². The third-order valence-corrected chi connectivity index (χ3v) is 3.99. The number of halogens is 1. The molecule has 3 nitrogen and oxygen atoms in total. The fraction of sp³-hybridized carbons (Fsp3) is 0.538. The number of nitrogens with one attached hydrogen (secondary N) is 1. The summed E-state index contributed by atoms with van der Waals surface area (Å²) in [6, 6.07) is 3.57. The van der Waals surface area contributed by atoms with Crippen LogP contribution in [0.5, 0.6) is 0 Å². The van der Waals surface area contributed by atoms with Crippen LogP contribution in [0.25, 0.3) is 0 Å². The van der Waals surface area contributed by atoms with E-state index in [9.17, 15) is 4.79 Å². The van der Waals surface area contributed by atoms with Gasteiger partial charge in [0.1, 0.15) is 5.69 Å². The summed E-state index contributed by atoms with van der Waals surface area (Å²) in [7, 11) is 0. The van der Waals surface area contributed by atoms with E-state index in [1.165, 1.54) is 19.3 Å². The van der Waals surface area contributed by atoms with E-state index in [1.54, 1.807) is 12.3 Å². The van der Waals surface area contributed by atoms with Gasteiger partial charge in [-0.2, -0.15) is 0 Å². The number of rotatable bonds is 3. The molecule has 0 aliphatic heterocycles. The molecule has 1 fully saturated rings. The van der Waals surface area contributed by atoms with Crippen molar-refractivity contribution in [3.8, 4) is 0 Å². The van der Waals surface area contributed by atoms with E-state index < -0.39 is 0 Å². The fourth-order valence-electron chi connectivity index (χ4n) is 2.35. The molecule has 2 atom stereocenters. The number of carbonyl (C=O) groups excluding carboxylic acids is 1. The van der Waals surface area contributed by atoms with E-state index in [0.29, 0.717) is 11.6 Å². The normalized spacial score (nSPS) is 23.6. The van der Waals surface area contributed by atoms with Crippen LogP contribution in [0.4, 0.5) is 0 Å². The van der Waals surface area contributed by atoms with Gasteiger partial charge in [0.05, 0.1) is 0 Å². The molecule has 0 spiro atoms. The van der Waals surface area contributed by atoms with Gasteiger partial charge in [0, 0.05) is 17.2 Å². The molecule has 92 valence electrons. The smallest absolute Gasteiger partial charge is 0.269 e. The molecule has 1 aliphatic carbocycles. The van der Waals surface area contributed by atoms with Crippen LogP contribution in [0, 0.1) is 11.8 Å². The first-order chi connectivity index (χ1) is 8.16. The number of amides is 1. The highest BCUT2D eigenvalue weighted by Crippen LogP contribution is 2.30. The average molecular weight is 297 g/mol. The summed E-state index contributed by atoms with van der Waals surface area (Å²) >= 11 is 3.30. The third kappa shape index (κ3) is 3.28. The summed E-state index contributed by atoms with van der Waals surface area (Å²) in [5.74, 6) is 1.29. The zero-order valence-electron chi connectivity index (χ0n) is 9.95. The van der Waals surface area contributed by atoms with Crippen LogP contribution in [0.3, 0.4) is 0 Å². The second kappa shape index (κ2) is 5.63. The molecule has 0 bridgehead atoms. The molecular weight excluding hydrogens is 280 g/mol. The van der Waals surface area contributed by atoms with Crippen LogP contribution in [0.2, 0.25) is 0 Å². The van der Waals surface area contributed by atoms with Gasteiger partial charge in [0.25, 0.3) is 5.91 Å². The second-order valence-corrected chi connectivity index (χ2v) is 5.66. The standard InChI is InChI=1S/C13H17BrN2O/c1-9-3-2-4-10(9)7-16-13(17)12-6-5-11(14)8-15-12/h5-6,8-10H,2-4,7H2,1H3,(H,16,17). The van der Waals surface area contributed by atoms with Crippen LogP contribution in [-0.2, 0) is 0 Å². The summed E-state index contributed by atoms with van der Waals surface area (Å²) in [4.78, 5) is 15.9. The van der Waals surface area contributed by atoms with Crippen molar-refractivity contribution in [2.24, 2.45) is 11.8 Å². The van der Waals surface area contributed by atoms with Gasteiger partial charge in [0.2, 0.25) is 0 Å². The Morgan fingerprint density at radius 2 is 2.35 bits per heavy atom. The first-order valence-corrected chi connectivity index (χ1v) is 6.86. The molecule has 2 unspecified atom stereocenters. The molecule has 0 saturated heterocycles. The summed E-state index contributed by atoms with van der Waals surface area (Å²) in [6.45, 7) is 3.04. The minimum absolute atomic E-state index is 0.0726. The Balaban J connectivity index is 1.87. The van der Waals surface area contributed by atoms with Crippen LogP contribution in [-0.4, -0.2) is 17.4 Å². The lowest BCUT2D eigenvalue weighted by atomic mass is 9.98. The number of hydrogen-bond donors (Lipinski definition) is 1. The zero-order chi connectivity index (χ0) is 12.3. The predicted octanol–water partition coefficient (Wildman–Crippen LogP) is 3.01. The lowest BCUT2D eigenvalue weighted by Crippen LogP contribution is -2.30. The number of nitrogens with zero attached hydrogens (tertiary/aromatic N) is 1. The van der Waals surface area contributed by atoms with Gasteiger partial charge >= 0.3 is 0 Å². The quantitative estimate of drug-likeness (QED) is 0.932. The van der Waals surface area contributed by atoms with Crippen molar-refractivity contribution in [2.45, 2.75) is 26.2 Å². The minimum atomic E-state index is -0.0726. The Morgan fingerprint density at radius 3 is 2.94 bits per heavy atom. The Bertz CT molecular complexity index is 391. The maximum absolute atomic E-state index is 11.8. The molecule has 1 aromatic heterocycles. The molecule has 1 aromatic rings. The highest BCUT2D eigenvalue weighted by Gasteiger charge is 2.23. The largest absolute Gasteiger partial charge is 0.350 e. The van der Waals surface area contributed by atoms with Gasteiger partial charge in [0.15, 0.2) is 0 Å². The van der Waals surface area contributed by atoms with Gasteiger partial charge in [-0.05, 0) is 46.3 Å². The molecule has 0 aromatic carbocycles. The highest BCUT2D eigenvalue weighted by molar-refractivity contribution is 9.10. The molecule has 1 N–H and O–H groups in total. The van der Waals surface area contributed by atoms with E-state index in [-0.39, 0.29) is 5.91 Å². The van der Waals surface area contributed by atoms with E-state index in [2.05, 4.69) is 33.2 Å². The Kier molecular flexibility index (Phi) is 4.15. The van der Waals surface area contributed by atoms with Crippen molar-refractivity contribution in [3.63, 3.8) is 0 Å².